The van der Waals surface area contributed by atoms with E-state index in [-0.39, 0.29) is 11.9 Å². The van der Waals surface area contributed by atoms with Gasteiger partial charge in [0.2, 0.25) is 0 Å². The van der Waals surface area contributed by atoms with Crippen molar-refractivity contribution in [2.24, 2.45) is 0 Å². The number of carbonyl (C=O) groups is 2. The molecule has 0 saturated carbocycles. The van der Waals surface area contributed by atoms with E-state index in [1.807, 2.05) is 0 Å². The maximum atomic E-state index is 11.7. The van der Waals surface area contributed by atoms with Gasteiger partial charge in [-0.2, -0.15) is 0 Å². The molecule has 0 spiro atoms. The molecule has 0 aliphatic heterocycles. The van der Waals surface area contributed by atoms with Crippen molar-refractivity contribution in [3.63, 3.8) is 0 Å². The Labute approximate surface area is 167 Å². The summed E-state index contributed by atoms with van der Waals surface area (Å²) in [6.45, 7) is 5.43. The van der Waals surface area contributed by atoms with Crippen molar-refractivity contribution in [1.82, 2.24) is 0 Å². The fourth-order valence-corrected chi connectivity index (χ4v) is 3.00. The van der Waals surface area contributed by atoms with Gasteiger partial charge in [0.1, 0.15) is 0 Å². The van der Waals surface area contributed by atoms with Crippen molar-refractivity contribution in [3.05, 3.63) is 0 Å². The molecular formula is C23H44O4. The second kappa shape index (κ2) is 21.2. The van der Waals surface area contributed by atoms with Crippen molar-refractivity contribution >= 4 is 11.9 Å². The van der Waals surface area contributed by atoms with Gasteiger partial charge in [-0.15, -0.1) is 0 Å². The van der Waals surface area contributed by atoms with Crippen LogP contribution in [0, 0.1) is 0 Å². The Bertz CT molecular complexity index is 341. The summed E-state index contributed by atoms with van der Waals surface area (Å²) in [5.41, 5.74) is 0. The Morgan fingerprint density at radius 3 is 1.26 bits per heavy atom. The maximum Gasteiger partial charge on any atom is 0.305 e. The maximum absolute atomic E-state index is 11.7. The Hall–Kier alpha value is -1.06. The highest BCUT2D eigenvalue weighted by Gasteiger charge is 2.06. The lowest BCUT2D eigenvalue weighted by Gasteiger charge is -2.06. The van der Waals surface area contributed by atoms with Crippen LogP contribution in [0.2, 0.25) is 0 Å². The number of unbranched alkanes of at least 4 members (excludes halogenated alkanes) is 12. The molecule has 0 aromatic rings. The third-order valence-corrected chi connectivity index (χ3v) is 4.78. The highest BCUT2D eigenvalue weighted by atomic mass is 16.5. The van der Waals surface area contributed by atoms with Crippen molar-refractivity contribution in [1.29, 1.82) is 0 Å². The first-order chi connectivity index (χ1) is 13.2. The number of hydrogen-bond donors (Lipinski definition) is 0. The zero-order valence-electron chi connectivity index (χ0n) is 18.1. The van der Waals surface area contributed by atoms with Crippen LogP contribution in [0.5, 0.6) is 0 Å². The lowest BCUT2D eigenvalue weighted by Crippen LogP contribution is -2.08. The third-order valence-electron chi connectivity index (χ3n) is 4.78. The van der Waals surface area contributed by atoms with Crippen LogP contribution >= 0.6 is 0 Å². The summed E-state index contributed by atoms with van der Waals surface area (Å²) >= 11 is 0. The monoisotopic (exact) mass is 384 g/mol. The molecule has 0 aliphatic carbocycles. The number of ether oxygens (including phenoxy) is 2. The molecule has 0 heterocycles. The predicted molar refractivity (Wildman–Crippen MR) is 112 cm³/mol. The smallest absolute Gasteiger partial charge is 0.305 e. The summed E-state index contributed by atoms with van der Waals surface area (Å²) in [6.07, 6.45) is 18.1. The molecule has 4 nitrogen and oxygen atoms in total. The van der Waals surface area contributed by atoms with E-state index in [1.54, 1.807) is 0 Å². The minimum Gasteiger partial charge on any atom is -0.466 e. The Balaban J connectivity index is 3.27. The molecule has 160 valence electrons. The van der Waals surface area contributed by atoms with E-state index in [9.17, 15) is 9.59 Å². The summed E-state index contributed by atoms with van der Waals surface area (Å²) in [6, 6.07) is 0. The summed E-state index contributed by atoms with van der Waals surface area (Å²) in [4.78, 5) is 23.2. The lowest BCUT2D eigenvalue weighted by atomic mass is 10.1. The topological polar surface area (TPSA) is 52.6 Å². The zero-order chi connectivity index (χ0) is 20.0. The lowest BCUT2D eigenvalue weighted by molar-refractivity contribution is -0.146. The fraction of sp³-hybridized carbons (Fsp3) is 0.913. The highest BCUT2D eigenvalue weighted by Crippen LogP contribution is 2.11. The van der Waals surface area contributed by atoms with Crippen LogP contribution in [0.1, 0.15) is 123 Å². The highest BCUT2D eigenvalue weighted by molar-refractivity contribution is 5.70. The molecule has 0 bridgehead atoms. The van der Waals surface area contributed by atoms with Gasteiger partial charge in [0.25, 0.3) is 0 Å². The number of carbonyl (C=O) groups excluding carboxylic acids is 2. The first kappa shape index (κ1) is 25.9. The first-order valence-corrected chi connectivity index (χ1v) is 11.5. The SMILES string of the molecule is CCCCCCCCCCCCOC(=O)CCCCC(=O)OCCCCC. The van der Waals surface area contributed by atoms with Crippen molar-refractivity contribution in [2.75, 3.05) is 13.2 Å². The summed E-state index contributed by atoms with van der Waals surface area (Å²) in [7, 11) is 0. The Kier molecular flexibility index (Phi) is 20.4. The van der Waals surface area contributed by atoms with Gasteiger partial charge >= 0.3 is 11.9 Å². The Morgan fingerprint density at radius 1 is 0.481 bits per heavy atom. The van der Waals surface area contributed by atoms with E-state index >= 15 is 0 Å². The molecule has 0 atom stereocenters. The van der Waals surface area contributed by atoms with E-state index in [0.717, 1.165) is 32.1 Å². The summed E-state index contributed by atoms with van der Waals surface area (Å²) in [5, 5.41) is 0. The minimum absolute atomic E-state index is 0.137. The number of esters is 2. The van der Waals surface area contributed by atoms with Crippen LogP contribution in [0.15, 0.2) is 0 Å². The van der Waals surface area contributed by atoms with Crippen LogP contribution < -0.4 is 0 Å². The molecule has 0 rings (SSSR count). The standard InChI is InChI=1S/C23H44O4/c1-3-5-7-8-9-10-11-12-13-17-21-27-23(25)19-15-14-18-22(24)26-20-16-6-4-2/h3-21H2,1-2H3. The van der Waals surface area contributed by atoms with Gasteiger partial charge in [-0.25, -0.2) is 0 Å². The molecule has 0 N–H and O–H groups in total. The van der Waals surface area contributed by atoms with E-state index in [1.165, 1.54) is 51.4 Å². The van der Waals surface area contributed by atoms with Crippen LogP contribution in [0.3, 0.4) is 0 Å². The molecule has 0 aliphatic rings. The minimum atomic E-state index is -0.148. The molecule has 0 fully saturated rings. The molecule has 0 radical (unpaired) electrons. The summed E-state index contributed by atoms with van der Waals surface area (Å²) in [5.74, 6) is -0.285. The largest absolute Gasteiger partial charge is 0.466 e. The second-order valence-corrected chi connectivity index (χ2v) is 7.54. The average Bonchev–Trinajstić information content (AvgIpc) is 2.66. The van der Waals surface area contributed by atoms with Gasteiger partial charge in [-0.3, -0.25) is 9.59 Å². The molecule has 27 heavy (non-hydrogen) atoms. The third kappa shape index (κ3) is 21.1. The van der Waals surface area contributed by atoms with Gasteiger partial charge < -0.3 is 9.47 Å². The van der Waals surface area contributed by atoms with E-state index in [2.05, 4.69) is 13.8 Å². The van der Waals surface area contributed by atoms with Crippen molar-refractivity contribution in [2.45, 2.75) is 123 Å². The molecule has 0 unspecified atom stereocenters. The molecular weight excluding hydrogens is 340 g/mol. The van der Waals surface area contributed by atoms with Crippen LogP contribution in [0.25, 0.3) is 0 Å². The number of hydrogen-bond acceptors (Lipinski definition) is 4. The van der Waals surface area contributed by atoms with E-state index < -0.39 is 0 Å². The normalized spacial score (nSPS) is 10.7. The molecule has 0 aromatic carbocycles. The van der Waals surface area contributed by atoms with Crippen molar-refractivity contribution in [3.8, 4) is 0 Å². The van der Waals surface area contributed by atoms with E-state index in [4.69, 9.17) is 9.47 Å². The Morgan fingerprint density at radius 2 is 0.815 bits per heavy atom. The quantitative estimate of drug-likeness (QED) is 0.172. The van der Waals surface area contributed by atoms with Crippen LogP contribution in [-0.4, -0.2) is 25.2 Å². The number of rotatable bonds is 20. The zero-order valence-corrected chi connectivity index (χ0v) is 18.1. The first-order valence-electron chi connectivity index (χ1n) is 11.5. The van der Waals surface area contributed by atoms with Gasteiger partial charge in [-0.1, -0.05) is 84.5 Å². The van der Waals surface area contributed by atoms with E-state index in [0.29, 0.717) is 38.9 Å². The molecule has 0 aromatic heterocycles. The van der Waals surface area contributed by atoms with Crippen LogP contribution in [0.4, 0.5) is 0 Å². The van der Waals surface area contributed by atoms with Gasteiger partial charge in [0.05, 0.1) is 13.2 Å². The molecule has 0 amide bonds. The molecule has 0 saturated heterocycles. The summed E-state index contributed by atoms with van der Waals surface area (Å²) < 4.78 is 10.4. The van der Waals surface area contributed by atoms with Gasteiger partial charge in [0, 0.05) is 12.8 Å². The molecule has 4 heteroatoms. The van der Waals surface area contributed by atoms with Gasteiger partial charge in [0.15, 0.2) is 0 Å². The van der Waals surface area contributed by atoms with Crippen molar-refractivity contribution < 1.29 is 19.1 Å². The van der Waals surface area contributed by atoms with Crippen LogP contribution in [-0.2, 0) is 19.1 Å². The van der Waals surface area contributed by atoms with Gasteiger partial charge in [-0.05, 0) is 25.7 Å². The second-order valence-electron chi connectivity index (χ2n) is 7.54. The fourth-order valence-electron chi connectivity index (χ4n) is 3.00. The average molecular weight is 385 g/mol. The predicted octanol–water partition coefficient (Wildman–Crippen LogP) is 6.74.